The summed E-state index contributed by atoms with van der Waals surface area (Å²) < 4.78 is 0. The molecule has 0 unspecified atom stereocenters. The molecular weight excluding hydrogens is 286 g/mol. The Labute approximate surface area is 128 Å². The van der Waals surface area contributed by atoms with Gasteiger partial charge in [0.2, 0.25) is 0 Å². The number of carboxylic acid groups (broad SMARTS) is 1. The molecule has 5 heteroatoms. The van der Waals surface area contributed by atoms with Crippen molar-refractivity contribution < 1.29 is 14.7 Å². The lowest BCUT2D eigenvalue weighted by Gasteiger charge is -2.37. The second kappa shape index (κ2) is 5.79. The summed E-state index contributed by atoms with van der Waals surface area (Å²) in [6.45, 7) is 2.54. The number of aryl methyl sites for hydroxylation is 2. The van der Waals surface area contributed by atoms with Gasteiger partial charge in [-0.3, -0.25) is 9.59 Å². The van der Waals surface area contributed by atoms with E-state index < -0.39 is 11.9 Å². The third kappa shape index (κ3) is 2.71. The highest BCUT2D eigenvalue weighted by molar-refractivity contribution is 7.14. The van der Waals surface area contributed by atoms with E-state index in [9.17, 15) is 14.7 Å². The number of rotatable bonds is 2. The quantitative estimate of drug-likeness (QED) is 0.914. The van der Waals surface area contributed by atoms with Crippen molar-refractivity contribution in [1.29, 1.82) is 0 Å². The molecule has 1 aliphatic heterocycles. The van der Waals surface area contributed by atoms with Crippen molar-refractivity contribution in [3.05, 3.63) is 21.4 Å². The van der Waals surface area contributed by atoms with Gasteiger partial charge in [0.25, 0.3) is 5.91 Å². The lowest BCUT2D eigenvalue weighted by molar-refractivity contribution is -0.144. The van der Waals surface area contributed by atoms with E-state index >= 15 is 0 Å². The zero-order valence-electron chi connectivity index (χ0n) is 12.3. The fourth-order valence-electron chi connectivity index (χ4n) is 3.50. The predicted molar refractivity (Wildman–Crippen MR) is 81.8 cm³/mol. The van der Waals surface area contributed by atoms with Crippen LogP contribution in [0.5, 0.6) is 0 Å². The highest BCUT2D eigenvalue weighted by Gasteiger charge is 2.36. The lowest BCUT2D eigenvalue weighted by atomic mass is 9.90. The van der Waals surface area contributed by atoms with Crippen molar-refractivity contribution in [3.8, 4) is 0 Å². The van der Waals surface area contributed by atoms with E-state index in [0.29, 0.717) is 13.0 Å². The molecular formula is C16H21NO3S. The van der Waals surface area contributed by atoms with Crippen LogP contribution in [0.4, 0.5) is 0 Å². The number of fused-ring (bicyclic) bond motifs is 1. The molecule has 0 bridgehead atoms. The van der Waals surface area contributed by atoms with Crippen molar-refractivity contribution in [2.75, 3.05) is 6.54 Å². The number of hydrogen-bond acceptors (Lipinski definition) is 3. The molecule has 1 saturated heterocycles. The summed E-state index contributed by atoms with van der Waals surface area (Å²) in [5, 5.41) is 9.28. The fourth-order valence-corrected chi connectivity index (χ4v) is 4.71. The van der Waals surface area contributed by atoms with Gasteiger partial charge in [0, 0.05) is 17.5 Å². The number of carbonyl (C=O) groups is 2. The van der Waals surface area contributed by atoms with Gasteiger partial charge in [0.1, 0.15) is 0 Å². The van der Waals surface area contributed by atoms with Crippen LogP contribution in [0, 0.1) is 5.92 Å². The lowest BCUT2D eigenvalue weighted by Crippen LogP contribution is -2.48. The normalized spacial score (nSPS) is 25.5. The van der Waals surface area contributed by atoms with Crippen LogP contribution in [0.3, 0.4) is 0 Å². The van der Waals surface area contributed by atoms with Gasteiger partial charge in [-0.2, -0.15) is 0 Å². The number of piperidine rings is 1. The van der Waals surface area contributed by atoms with Crippen LogP contribution in [0.1, 0.15) is 52.7 Å². The van der Waals surface area contributed by atoms with Crippen molar-refractivity contribution in [2.24, 2.45) is 5.92 Å². The van der Waals surface area contributed by atoms with Crippen LogP contribution in [0.15, 0.2) is 6.07 Å². The largest absolute Gasteiger partial charge is 0.481 e. The van der Waals surface area contributed by atoms with Crippen molar-refractivity contribution in [3.63, 3.8) is 0 Å². The third-order valence-electron chi connectivity index (χ3n) is 4.77. The highest BCUT2D eigenvalue weighted by atomic mass is 32.1. The average Bonchev–Trinajstić information content (AvgIpc) is 2.90. The molecule has 2 atom stereocenters. The van der Waals surface area contributed by atoms with E-state index in [1.807, 2.05) is 13.0 Å². The maximum absolute atomic E-state index is 12.7. The highest BCUT2D eigenvalue weighted by Crippen LogP contribution is 2.32. The van der Waals surface area contributed by atoms with Crippen LogP contribution in [-0.4, -0.2) is 34.5 Å². The molecule has 1 amide bonds. The summed E-state index contributed by atoms with van der Waals surface area (Å²) in [7, 11) is 0. The van der Waals surface area contributed by atoms with Gasteiger partial charge >= 0.3 is 5.97 Å². The van der Waals surface area contributed by atoms with Gasteiger partial charge in [0.05, 0.1) is 10.8 Å². The Balaban J connectivity index is 1.80. The van der Waals surface area contributed by atoms with Crippen LogP contribution >= 0.6 is 11.3 Å². The summed E-state index contributed by atoms with van der Waals surface area (Å²) >= 11 is 1.61. The number of likely N-dealkylation sites (tertiary alicyclic amines) is 1. The number of nitrogens with zero attached hydrogens (tertiary/aromatic N) is 1. The summed E-state index contributed by atoms with van der Waals surface area (Å²) in [5.41, 5.74) is 1.33. The first-order chi connectivity index (χ1) is 10.1. The molecule has 0 spiro atoms. The number of carbonyl (C=O) groups excluding carboxylic acids is 1. The molecule has 0 saturated carbocycles. The van der Waals surface area contributed by atoms with E-state index in [0.717, 1.165) is 24.1 Å². The molecule has 0 aromatic carbocycles. The number of aliphatic carboxylic acids is 1. The van der Waals surface area contributed by atoms with Crippen molar-refractivity contribution in [2.45, 2.75) is 51.5 Å². The molecule has 1 aliphatic carbocycles. The Morgan fingerprint density at radius 2 is 2.05 bits per heavy atom. The first-order valence-corrected chi connectivity index (χ1v) is 8.55. The average molecular weight is 307 g/mol. The first kappa shape index (κ1) is 14.6. The molecule has 1 aromatic heterocycles. The molecule has 2 heterocycles. The van der Waals surface area contributed by atoms with E-state index in [1.165, 1.54) is 23.3 Å². The molecule has 1 fully saturated rings. The van der Waals surface area contributed by atoms with E-state index in [2.05, 4.69) is 0 Å². The van der Waals surface area contributed by atoms with Gasteiger partial charge in [-0.25, -0.2) is 0 Å². The maximum Gasteiger partial charge on any atom is 0.308 e. The van der Waals surface area contributed by atoms with Crippen LogP contribution < -0.4 is 0 Å². The Kier molecular flexibility index (Phi) is 4.02. The van der Waals surface area contributed by atoms with E-state index in [4.69, 9.17) is 0 Å². The third-order valence-corrected chi connectivity index (χ3v) is 6.00. The van der Waals surface area contributed by atoms with Crippen LogP contribution in [0.25, 0.3) is 0 Å². The molecule has 1 N–H and O–H groups in total. The molecule has 1 aromatic rings. The Bertz CT molecular complexity index is 542. The molecule has 0 radical (unpaired) electrons. The zero-order chi connectivity index (χ0) is 15.0. The monoisotopic (exact) mass is 307 g/mol. The van der Waals surface area contributed by atoms with E-state index in [-0.39, 0.29) is 11.9 Å². The number of carboxylic acids is 1. The predicted octanol–water partition coefficient (Wildman–Crippen LogP) is 2.95. The number of hydrogen-bond donors (Lipinski definition) is 1. The molecule has 4 nitrogen and oxygen atoms in total. The van der Waals surface area contributed by atoms with Crippen LogP contribution in [0.2, 0.25) is 0 Å². The van der Waals surface area contributed by atoms with E-state index in [1.54, 1.807) is 16.2 Å². The van der Waals surface area contributed by atoms with Gasteiger partial charge in [-0.1, -0.05) is 0 Å². The van der Waals surface area contributed by atoms with Gasteiger partial charge in [-0.15, -0.1) is 11.3 Å². The zero-order valence-corrected chi connectivity index (χ0v) is 13.1. The SMILES string of the molecule is C[C@@H]1[C@H](C(=O)O)CCCN1C(=O)c1cc2c(s1)CCCC2. The molecule has 2 aliphatic rings. The van der Waals surface area contributed by atoms with Crippen molar-refractivity contribution in [1.82, 2.24) is 4.90 Å². The smallest absolute Gasteiger partial charge is 0.308 e. The number of amides is 1. The topological polar surface area (TPSA) is 57.6 Å². The maximum atomic E-state index is 12.7. The van der Waals surface area contributed by atoms with Gasteiger partial charge < -0.3 is 10.0 Å². The first-order valence-electron chi connectivity index (χ1n) is 7.73. The Morgan fingerprint density at radius 1 is 1.29 bits per heavy atom. The van der Waals surface area contributed by atoms with Gasteiger partial charge in [-0.05, 0) is 57.1 Å². The Morgan fingerprint density at radius 3 is 2.76 bits per heavy atom. The minimum absolute atomic E-state index is 0.0212. The fraction of sp³-hybridized carbons (Fsp3) is 0.625. The van der Waals surface area contributed by atoms with Crippen molar-refractivity contribution >= 4 is 23.2 Å². The molecule has 3 rings (SSSR count). The summed E-state index contributed by atoms with van der Waals surface area (Å²) in [6.07, 6.45) is 6.02. The minimum Gasteiger partial charge on any atom is -0.481 e. The molecule has 114 valence electrons. The number of thiophene rings is 1. The molecule has 21 heavy (non-hydrogen) atoms. The second-order valence-corrected chi connectivity index (χ2v) is 7.23. The van der Waals surface area contributed by atoms with Gasteiger partial charge in [0.15, 0.2) is 0 Å². The minimum atomic E-state index is -0.787. The van der Waals surface area contributed by atoms with Crippen LogP contribution in [-0.2, 0) is 17.6 Å². The Hall–Kier alpha value is -1.36. The summed E-state index contributed by atoms with van der Waals surface area (Å²) in [6, 6.07) is 1.82. The standard InChI is InChI=1S/C16H21NO3S/c1-10-12(16(19)20)6-4-8-17(10)15(18)14-9-11-5-2-3-7-13(11)21-14/h9-10,12H,2-8H2,1H3,(H,19,20)/t10-,12-/m1/s1. The summed E-state index contributed by atoms with van der Waals surface area (Å²) in [4.78, 5) is 27.9. The summed E-state index contributed by atoms with van der Waals surface area (Å²) in [5.74, 6) is -1.20. The second-order valence-electron chi connectivity index (χ2n) is 6.09.